The Hall–Kier alpha value is -2.48. The predicted octanol–water partition coefficient (Wildman–Crippen LogP) is 1.62. The van der Waals surface area contributed by atoms with Crippen molar-refractivity contribution < 1.29 is 18.8 Å². The first-order chi connectivity index (χ1) is 11.9. The summed E-state index contributed by atoms with van der Waals surface area (Å²) in [5, 5.41) is 14.7. The molecule has 2 aromatic rings. The van der Waals surface area contributed by atoms with Crippen molar-refractivity contribution in [1.82, 2.24) is 15.0 Å². The molecule has 25 heavy (non-hydrogen) atoms. The molecule has 0 radical (unpaired) electrons. The van der Waals surface area contributed by atoms with Gasteiger partial charge in [0.2, 0.25) is 0 Å². The van der Waals surface area contributed by atoms with Crippen molar-refractivity contribution in [2.75, 3.05) is 31.6 Å². The summed E-state index contributed by atoms with van der Waals surface area (Å²) >= 11 is 0. The fraction of sp³-hybridized carbons (Fsp3) is 0.471. The minimum absolute atomic E-state index is 0.162. The fourth-order valence-electron chi connectivity index (χ4n) is 3.17. The van der Waals surface area contributed by atoms with Crippen LogP contribution in [0.2, 0.25) is 0 Å². The van der Waals surface area contributed by atoms with Crippen LogP contribution < -0.4 is 4.90 Å². The molecule has 1 fully saturated rings. The van der Waals surface area contributed by atoms with E-state index < -0.39 is 11.4 Å². The van der Waals surface area contributed by atoms with Gasteiger partial charge in [0.05, 0.1) is 18.3 Å². The smallest absolute Gasteiger partial charge is 0.275 e. The van der Waals surface area contributed by atoms with E-state index in [2.05, 4.69) is 10.1 Å². The Morgan fingerprint density at radius 2 is 2.32 bits per heavy atom. The average molecular weight is 348 g/mol. The van der Waals surface area contributed by atoms with Gasteiger partial charge in [-0.15, -0.1) is 0 Å². The van der Waals surface area contributed by atoms with Gasteiger partial charge >= 0.3 is 0 Å². The zero-order valence-corrected chi connectivity index (χ0v) is 14.3. The van der Waals surface area contributed by atoms with Crippen LogP contribution in [0.15, 0.2) is 28.9 Å². The predicted molar refractivity (Wildman–Crippen MR) is 88.8 cm³/mol. The number of amides is 1. The zero-order valence-electron chi connectivity index (χ0n) is 14.3. The highest BCUT2D eigenvalue weighted by atomic mass is 19.1. The van der Waals surface area contributed by atoms with E-state index in [0.29, 0.717) is 24.5 Å². The van der Waals surface area contributed by atoms with Gasteiger partial charge in [-0.3, -0.25) is 4.79 Å². The van der Waals surface area contributed by atoms with Crippen molar-refractivity contribution in [1.29, 1.82) is 0 Å². The minimum atomic E-state index is -1.07. The topological polar surface area (TPSA) is 82.7 Å². The molecule has 3 heterocycles. The quantitative estimate of drug-likeness (QED) is 0.904. The first-order valence-corrected chi connectivity index (χ1v) is 8.14. The van der Waals surface area contributed by atoms with E-state index in [1.807, 2.05) is 4.90 Å². The molecular formula is C17H21FN4O3. The van der Waals surface area contributed by atoms with Crippen LogP contribution in [-0.2, 0) is 0 Å². The lowest BCUT2D eigenvalue weighted by atomic mass is 9.92. The summed E-state index contributed by atoms with van der Waals surface area (Å²) in [6.45, 7) is 2.92. The molecule has 0 bridgehead atoms. The molecule has 2 aromatic heterocycles. The highest BCUT2D eigenvalue weighted by Crippen LogP contribution is 2.26. The van der Waals surface area contributed by atoms with Crippen LogP contribution >= 0.6 is 0 Å². The third kappa shape index (κ3) is 3.96. The maximum Gasteiger partial charge on any atom is 0.275 e. The van der Waals surface area contributed by atoms with Gasteiger partial charge in [0.25, 0.3) is 5.91 Å². The van der Waals surface area contributed by atoms with E-state index in [9.17, 15) is 14.3 Å². The number of piperidine rings is 1. The Bertz CT molecular complexity index is 749. The molecular weight excluding hydrogens is 327 g/mol. The summed E-state index contributed by atoms with van der Waals surface area (Å²) < 4.78 is 18.0. The summed E-state index contributed by atoms with van der Waals surface area (Å²) in [4.78, 5) is 19.8. The molecule has 134 valence electrons. The fourth-order valence-corrected chi connectivity index (χ4v) is 3.17. The number of carbonyl (C=O) groups is 1. The second kappa shape index (κ2) is 6.79. The van der Waals surface area contributed by atoms with Crippen molar-refractivity contribution in [2.45, 2.75) is 25.4 Å². The van der Waals surface area contributed by atoms with Crippen molar-refractivity contribution in [3.63, 3.8) is 0 Å². The average Bonchev–Trinajstić information content (AvgIpc) is 3.01. The molecule has 1 saturated heterocycles. The van der Waals surface area contributed by atoms with Gasteiger partial charge in [0, 0.05) is 26.2 Å². The van der Waals surface area contributed by atoms with Crippen molar-refractivity contribution in [3.05, 3.63) is 41.7 Å². The van der Waals surface area contributed by atoms with Crippen LogP contribution in [0.1, 0.15) is 29.1 Å². The van der Waals surface area contributed by atoms with Crippen molar-refractivity contribution >= 4 is 11.7 Å². The third-order valence-corrected chi connectivity index (χ3v) is 4.32. The molecule has 1 atom stereocenters. The molecule has 7 nitrogen and oxygen atoms in total. The summed E-state index contributed by atoms with van der Waals surface area (Å²) in [6, 6.07) is 4.51. The highest BCUT2D eigenvalue weighted by Gasteiger charge is 2.36. The van der Waals surface area contributed by atoms with Crippen LogP contribution in [-0.4, -0.2) is 58.3 Å². The first-order valence-electron chi connectivity index (χ1n) is 8.14. The molecule has 1 amide bonds. The number of likely N-dealkylation sites (N-methyl/N-ethyl adjacent to an activating group) is 1. The van der Waals surface area contributed by atoms with E-state index in [1.165, 1.54) is 11.0 Å². The van der Waals surface area contributed by atoms with E-state index in [0.717, 1.165) is 19.2 Å². The van der Waals surface area contributed by atoms with Crippen molar-refractivity contribution in [3.8, 4) is 0 Å². The molecule has 0 aliphatic carbocycles. The number of aryl methyl sites for hydroxylation is 1. The second-order valence-corrected chi connectivity index (χ2v) is 6.57. The number of β-amino-alcohol motifs (C(OH)–C–C–N with tert-alkyl or cyclic N) is 1. The Balaban J connectivity index is 1.68. The molecule has 1 aliphatic heterocycles. The van der Waals surface area contributed by atoms with Crippen molar-refractivity contribution in [2.24, 2.45) is 0 Å². The molecule has 0 spiro atoms. The van der Waals surface area contributed by atoms with Gasteiger partial charge in [-0.1, -0.05) is 5.16 Å². The highest BCUT2D eigenvalue weighted by molar-refractivity contribution is 5.92. The number of carbonyl (C=O) groups excluding carboxylic acids is 1. The zero-order chi connectivity index (χ0) is 18.0. The van der Waals surface area contributed by atoms with E-state index >= 15 is 0 Å². The first kappa shape index (κ1) is 17.3. The van der Waals surface area contributed by atoms with E-state index in [4.69, 9.17) is 4.52 Å². The van der Waals surface area contributed by atoms with Gasteiger partial charge in [0.1, 0.15) is 17.4 Å². The normalized spacial score (nSPS) is 20.6. The van der Waals surface area contributed by atoms with Crippen LogP contribution in [0.25, 0.3) is 0 Å². The molecule has 3 rings (SSSR count). The number of hydrogen-bond donors (Lipinski definition) is 1. The number of rotatable bonds is 4. The third-order valence-electron chi connectivity index (χ3n) is 4.32. The number of anilines is 1. The molecule has 8 heteroatoms. The van der Waals surface area contributed by atoms with E-state index in [-0.39, 0.29) is 18.1 Å². The Morgan fingerprint density at radius 1 is 1.52 bits per heavy atom. The number of nitrogens with zero attached hydrogens (tertiary/aromatic N) is 4. The van der Waals surface area contributed by atoms with Crippen LogP contribution in [0.5, 0.6) is 0 Å². The maximum atomic E-state index is 13.0. The number of halogens is 1. The lowest BCUT2D eigenvalue weighted by Crippen LogP contribution is -2.54. The monoisotopic (exact) mass is 348 g/mol. The Morgan fingerprint density at radius 3 is 2.96 bits per heavy atom. The van der Waals surface area contributed by atoms with Crippen LogP contribution in [0.4, 0.5) is 10.2 Å². The van der Waals surface area contributed by atoms with Gasteiger partial charge in [0.15, 0.2) is 5.69 Å². The molecule has 0 unspecified atom stereocenters. The lowest BCUT2D eigenvalue weighted by molar-refractivity contribution is -0.000380. The van der Waals surface area contributed by atoms with Gasteiger partial charge in [-0.05, 0) is 31.9 Å². The number of pyridine rings is 1. The van der Waals surface area contributed by atoms with Gasteiger partial charge in [-0.25, -0.2) is 9.37 Å². The molecule has 1 N–H and O–H groups in total. The SMILES string of the molecule is Cc1cc(C(=O)N(C)C[C@@]2(O)CCCN(c3ccc(F)cn3)C2)no1. The van der Waals surface area contributed by atoms with Crippen LogP contribution in [0, 0.1) is 12.7 Å². The second-order valence-electron chi connectivity index (χ2n) is 6.57. The molecule has 1 aliphatic rings. The Labute approximate surface area is 145 Å². The number of hydrogen-bond acceptors (Lipinski definition) is 6. The largest absolute Gasteiger partial charge is 0.386 e. The number of aliphatic hydroxyl groups is 1. The summed E-state index contributed by atoms with van der Waals surface area (Å²) in [7, 11) is 1.62. The van der Waals surface area contributed by atoms with Gasteiger partial charge in [-0.2, -0.15) is 0 Å². The summed E-state index contributed by atoms with van der Waals surface area (Å²) in [5.41, 5.74) is -0.853. The minimum Gasteiger partial charge on any atom is -0.386 e. The maximum absolute atomic E-state index is 13.0. The standard InChI is InChI=1S/C17H21FN4O3/c1-12-8-14(20-25-12)16(23)21(2)10-17(24)6-3-7-22(11-17)15-5-4-13(18)9-19-15/h4-5,8-9,24H,3,6-7,10-11H2,1-2H3/t17-/m0/s1. The number of aromatic nitrogens is 2. The summed E-state index contributed by atoms with van der Waals surface area (Å²) in [5.74, 6) is 0.467. The van der Waals surface area contributed by atoms with Crippen LogP contribution in [0.3, 0.4) is 0 Å². The lowest BCUT2D eigenvalue weighted by Gasteiger charge is -2.41. The summed E-state index contributed by atoms with van der Waals surface area (Å²) in [6.07, 6.45) is 2.48. The Kier molecular flexibility index (Phi) is 4.71. The van der Waals surface area contributed by atoms with E-state index in [1.54, 1.807) is 26.1 Å². The van der Waals surface area contributed by atoms with Gasteiger partial charge < -0.3 is 19.4 Å². The molecule has 0 aromatic carbocycles. The molecule has 0 saturated carbocycles.